The molecule has 0 unspecified atom stereocenters. The van der Waals surface area contributed by atoms with E-state index in [1.54, 1.807) is 24.3 Å². The highest BCUT2D eigenvalue weighted by atomic mass is 16.2. The van der Waals surface area contributed by atoms with Crippen LogP contribution in [0.15, 0.2) is 60.7 Å². The summed E-state index contributed by atoms with van der Waals surface area (Å²) in [6, 6.07) is 18.8. The number of para-hydroxylation sites is 1. The molecule has 17 heavy (non-hydrogen) atoms. The maximum Gasteiger partial charge on any atom is 0.296 e. The zero-order chi connectivity index (χ0) is 12.1. The van der Waals surface area contributed by atoms with Crippen molar-refractivity contribution in [2.24, 2.45) is 0 Å². The Bertz CT molecular complexity index is 508. The number of hydrogen-bond donors (Lipinski definition) is 1. The molecule has 0 fully saturated rings. The zero-order valence-corrected chi connectivity index (χ0v) is 9.09. The lowest BCUT2D eigenvalue weighted by molar-refractivity contribution is -0.112. The molecule has 0 radical (unpaired) electrons. The fourth-order valence-corrected chi connectivity index (χ4v) is 1.48. The predicted octanol–water partition coefficient (Wildman–Crippen LogP) is 2.51. The van der Waals surface area contributed by atoms with Crippen molar-refractivity contribution in [2.45, 2.75) is 0 Å². The molecule has 3 rings (SSSR count). The van der Waals surface area contributed by atoms with Crippen molar-refractivity contribution in [3.05, 3.63) is 66.2 Å². The number of hydrogen-bond acceptors (Lipinski definition) is 2. The minimum Gasteiger partial charge on any atom is -0.318 e. The maximum absolute atomic E-state index is 11.0. The van der Waals surface area contributed by atoms with E-state index in [-0.39, 0.29) is 0 Å². The van der Waals surface area contributed by atoms with Gasteiger partial charge in [0.25, 0.3) is 11.7 Å². The quantitative estimate of drug-likeness (QED) is 0.700. The first-order chi connectivity index (χ1) is 8.29. The van der Waals surface area contributed by atoms with Gasteiger partial charge in [-0.25, -0.2) is 0 Å². The summed E-state index contributed by atoms with van der Waals surface area (Å²) in [7, 11) is 0. The number of nitrogens with one attached hydrogen (secondary N) is 1. The Hall–Kier alpha value is -2.42. The van der Waals surface area contributed by atoms with Crippen molar-refractivity contribution in [1.82, 2.24) is 0 Å². The number of ketones is 1. The van der Waals surface area contributed by atoms with Crippen LogP contribution in [0.5, 0.6) is 0 Å². The molecule has 0 bridgehead atoms. The molecule has 0 aromatic heterocycles. The Morgan fingerprint density at radius 3 is 1.76 bits per heavy atom. The third kappa shape index (κ3) is 2.58. The number of fused-ring (bicyclic) bond motifs is 1. The van der Waals surface area contributed by atoms with Gasteiger partial charge in [0.15, 0.2) is 0 Å². The summed E-state index contributed by atoms with van der Waals surface area (Å²) in [6.45, 7) is 0. The highest BCUT2D eigenvalue weighted by Crippen LogP contribution is 2.21. The molecule has 2 aromatic carbocycles. The van der Waals surface area contributed by atoms with E-state index in [1.165, 1.54) is 0 Å². The van der Waals surface area contributed by atoms with Gasteiger partial charge in [-0.3, -0.25) is 9.59 Å². The molecule has 1 aliphatic heterocycles. The number of Topliss-reactive ketones (excluding diaryl/α,β-unsaturated/α-hetero) is 1. The minimum atomic E-state index is -0.536. The fraction of sp³-hybridized carbons (Fsp3) is 0. The Kier molecular flexibility index (Phi) is 3.31. The fourth-order valence-electron chi connectivity index (χ4n) is 1.48. The average Bonchev–Trinajstić information content (AvgIpc) is 2.69. The van der Waals surface area contributed by atoms with Crippen molar-refractivity contribution < 1.29 is 9.59 Å². The van der Waals surface area contributed by atoms with E-state index in [0.29, 0.717) is 11.3 Å². The Balaban J connectivity index is 0.000000153. The van der Waals surface area contributed by atoms with Crippen molar-refractivity contribution in [1.29, 1.82) is 0 Å². The van der Waals surface area contributed by atoms with Gasteiger partial charge in [0.2, 0.25) is 0 Å². The summed E-state index contributed by atoms with van der Waals surface area (Å²) in [5.41, 5.74) is 1.08. The van der Waals surface area contributed by atoms with E-state index < -0.39 is 11.7 Å². The Labute approximate surface area is 99.1 Å². The summed E-state index contributed by atoms with van der Waals surface area (Å²) in [4.78, 5) is 21.8. The topological polar surface area (TPSA) is 46.2 Å². The van der Waals surface area contributed by atoms with E-state index in [0.717, 1.165) is 0 Å². The van der Waals surface area contributed by atoms with Crippen LogP contribution in [0.25, 0.3) is 0 Å². The molecular weight excluding hydrogens is 214 g/mol. The van der Waals surface area contributed by atoms with E-state index >= 15 is 0 Å². The van der Waals surface area contributed by atoms with Crippen LogP contribution in [0, 0.1) is 0 Å². The third-order valence-electron chi connectivity index (χ3n) is 2.29. The number of rotatable bonds is 0. The second-order valence-corrected chi connectivity index (χ2v) is 3.48. The molecule has 3 heteroatoms. The first kappa shape index (κ1) is 11.1. The van der Waals surface area contributed by atoms with Gasteiger partial charge < -0.3 is 5.32 Å². The van der Waals surface area contributed by atoms with Gasteiger partial charge in [-0.2, -0.15) is 0 Å². The number of carbonyl (C=O) groups is 2. The van der Waals surface area contributed by atoms with E-state index in [2.05, 4.69) is 5.32 Å². The van der Waals surface area contributed by atoms with Crippen LogP contribution >= 0.6 is 0 Å². The highest BCUT2D eigenvalue weighted by Gasteiger charge is 2.26. The van der Waals surface area contributed by atoms with Crippen molar-refractivity contribution >= 4 is 17.4 Å². The van der Waals surface area contributed by atoms with Crippen LogP contribution in [0.2, 0.25) is 0 Å². The lowest BCUT2D eigenvalue weighted by Crippen LogP contribution is -2.12. The van der Waals surface area contributed by atoms with Crippen LogP contribution in [-0.4, -0.2) is 11.7 Å². The van der Waals surface area contributed by atoms with Gasteiger partial charge in [-0.15, -0.1) is 0 Å². The van der Waals surface area contributed by atoms with E-state index in [9.17, 15) is 9.59 Å². The minimum absolute atomic E-state index is 0.444. The molecule has 84 valence electrons. The monoisotopic (exact) mass is 225 g/mol. The zero-order valence-electron chi connectivity index (χ0n) is 9.09. The number of benzene rings is 2. The number of amides is 1. The molecule has 3 nitrogen and oxygen atoms in total. The maximum atomic E-state index is 11.0. The number of carbonyl (C=O) groups excluding carboxylic acids is 2. The van der Waals surface area contributed by atoms with Crippen LogP contribution in [0.1, 0.15) is 10.4 Å². The molecule has 0 spiro atoms. The van der Waals surface area contributed by atoms with Gasteiger partial charge >= 0.3 is 0 Å². The first-order valence-electron chi connectivity index (χ1n) is 5.24. The van der Waals surface area contributed by atoms with Crippen LogP contribution in [0.3, 0.4) is 0 Å². The average molecular weight is 225 g/mol. The van der Waals surface area contributed by atoms with Crippen LogP contribution < -0.4 is 5.32 Å². The molecular formula is C14H11NO2. The van der Waals surface area contributed by atoms with Gasteiger partial charge in [0, 0.05) is 0 Å². The summed E-state index contributed by atoms with van der Waals surface area (Å²) in [6.07, 6.45) is 0. The highest BCUT2D eigenvalue weighted by molar-refractivity contribution is 6.51. The molecule has 0 atom stereocenters. The van der Waals surface area contributed by atoms with Gasteiger partial charge in [0.1, 0.15) is 0 Å². The molecule has 0 aliphatic carbocycles. The molecule has 0 saturated heterocycles. The standard InChI is InChI=1S/C8H5NO2.C6H6/c10-7-5-3-1-2-4-6(5)9-8(7)11;1-2-4-6-5-3-1/h1-4H,(H,9,10,11);1-6H. The summed E-state index contributed by atoms with van der Waals surface area (Å²) < 4.78 is 0. The summed E-state index contributed by atoms with van der Waals surface area (Å²) in [5.74, 6) is -0.980. The van der Waals surface area contributed by atoms with Crippen molar-refractivity contribution in [3.63, 3.8) is 0 Å². The lowest BCUT2D eigenvalue weighted by atomic mass is 10.1. The summed E-state index contributed by atoms with van der Waals surface area (Å²) >= 11 is 0. The first-order valence-corrected chi connectivity index (χ1v) is 5.24. The molecule has 1 aliphatic rings. The van der Waals surface area contributed by atoms with Crippen LogP contribution in [0.4, 0.5) is 5.69 Å². The normalized spacial score (nSPS) is 12.2. The van der Waals surface area contributed by atoms with Gasteiger partial charge in [-0.1, -0.05) is 48.5 Å². The SMILES string of the molecule is O=C1Nc2ccccc2C1=O.c1ccccc1. The van der Waals surface area contributed by atoms with Crippen molar-refractivity contribution in [3.8, 4) is 0 Å². The van der Waals surface area contributed by atoms with Crippen LogP contribution in [-0.2, 0) is 4.79 Å². The lowest BCUT2D eigenvalue weighted by Gasteiger charge is -1.91. The Morgan fingerprint density at radius 1 is 0.706 bits per heavy atom. The molecule has 1 N–H and O–H groups in total. The summed E-state index contributed by atoms with van der Waals surface area (Å²) in [5, 5.41) is 2.46. The predicted molar refractivity (Wildman–Crippen MR) is 65.8 cm³/mol. The molecule has 1 amide bonds. The van der Waals surface area contributed by atoms with Gasteiger partial charge in [-0.05, 0) is 12.1 Å². The molecule has 2 aromatic rings. The van der Waals surface area contributed by atoms with E-state index in [1.807, 2.05) is 36.4 Å². The Morgan fingerprint density at radius 2 is 1.24 bits per heavy atom. The largest absolute Gasteiger partial charge is 0.318 e. The second kappa shape index (κ2) is 5.07. The molecule has 1 heterocycles. The van der Waals surface area contributed by atoms with Crippen molar-refractivity contribution in [2.75, 3.05) is 5.32 Å². The molecule has 0 saturated carbocycles. The van der Waals surface area contributed by atoms with E-state index in [4.69, 9.17) is 0 Å². The smallest absolute Gasteiger partial charge is 0.296 e. The van der Waals surface area contributed by atoms with Gasteiger partial charge in [0.05, 0.1) is 11.3 Å². The third-order valence-corrected chi connectivity index (χ3v) is 2.29. The number of anilines is 1. The second-order valence-electron chi connectivity index (χ2n) is 3.48.